The Kier molecular flexibility index (Phi) is 6.25. The van der Waals surface area contributed by atoms with Gasteiger partial charge in [-0.2, -0.15) is 4.31 Å². The molecule has 0 bridgehead atoms. The molecule has 1 aliphatic rings. The van der Waals surface area contributed by atoms with Gasteiger partial charge in [0.25, 0.3) is 5.91 Å². The zero-order valence-corrected chi connectivity index (χ0v) is 15.9. The molecule has 1 amide bonds. The molecule has 0 N–H and O–H groups in total. The standard InChI is InChI=1S/C19H20F2N2O4S/c20-15-2-6-17(7-3-15)27-14-19(24)22-10-1-11-23(13-12-22)28(25,26)18-8-4-16(21)5-9-18/h2-9H,1,10-14H2. The average Bonchev–Trinajstić information content (AvgIpc) is 2.94. The van der Waals surface area contributed by atoms with Crippen LogP contribution in [-0.2, 0) is 14.8 Å². The predicted molar refractivity (Wildman–Crippen MR) is 98.3 cm³/mol. The van der Waals surface area contributed by atoms with Crippen LogP contribution < -0.4 is 4.74 Å². The van der Waals surface area contributed by atoms with Gasteiger partial charge >= 0.3 is 0 Å². The van der Waals surface area contributed by atoms with Gasteiger partial charge in [0.15, 0.2) is 6.61 Å². The number of rotatable bonds is 5. The smallest absolute Gasteiger partial charge is 0.260 e. The average molecular weight is 410 g/mol. The zero-order valence-electron chi connectivity index (χ0n) is 15.1. The summed E-state index contributed by atoms with van der Waals surface area (Å²) in [4.78, 5) is 13.9. The molecule has 0 radical (unpaired) electrons. The van der Waals surface area contributed by atoms with Gasteiger partial charge in [0.05, 0.1) is 4.90 Å². The Bertz CT molecular complexity index is 918. The molecule has 2 aromatic rings. The van der Waals surface area contributed by atoms with E-state index in [0.29, 0.717) is 18.7 Å². The summed E-state index contributed by atoms with van der Waals surface area (Å²) in [5.41, 5.74) is 0. The summed E-state index contributed by atoms with van der Waals surface area (Å²) in [5, 5.41) is 0. The second-order valence-electron chi connectivity index (χ2n) is 6.33. The third-order valence-electron chi connectivity index (χ3n) is 4.43. The molecule has 2 aromatic carbocycles. The van der Waals surface area contributed by atoms with E-state index in [2.05, 4.69) is 0 Å². The minimum absolute atomic E-state index is 0.0216. The minimum atomic E-state index is -3.75. The molecule has 0 unspecified atom stereocenters. The Balaban J connectivity index is 1.58. The van der Waals surface area contributed by atoms with E-state index < -0.39 is 21.7 Å². The Morgan fingerprint density at radius 1 is 0.893 bits per heavy atom. The first kappa shape index (κ1) is 20.2. The molecule has 1 fully saturated rings. The van der Waals surface area contributed by atoms with Crippen LogP contribution in [-0.4, -0.2) is 56.3 Å². The van der Waals surface area contributed by atoms with Gasteiger partial charge in [-0.25, -0.2) is 17.2 Å². The van der Waals surface area contributed by atoms with Crippen molar-refractivity contribution in [3.05, 3.63) is 60.2 Å². The van der Waals surface area contributed by atoms with Gasteiger partial charge in [0.2, 0.25) is 10.0 Å². The minimum Gasteiger partial charge on any atom is -0.484 e. The number of halogens is 2. The quantitative estimate of drug-likeness (QED) is 0.759. The molecule has 0 saturated carbocycles. The molecular weight excluding hydrogens is 390 g/mol. The lowest BCUT2D eigenvalue weighted by Gasteiger charge is -2.22. The molecule has 6 nitrogen and oxygen atoms in total. The highest BCUT2D eigenvalue weighted by Gasteiger charge is 2.28. The van der Waals surface area contributed by atoms with E-state index in [9.17, 15) is 22.0 Å². The van der Waals surface area contributed by atoms with Crippen LogP contribution in [0.5, 0.6) is 5.75 Å². The van der Waals surface area contributed by atoms with Gasteiger partial charge < -0.3 is 9.64 Å². The number of carbonyl (C=O) groups is 1. The largest absolute Gasteiger partial charge is 0.484 e. The molecule has 1 heterocycles. The third kappa shape index (κ3) is 4.85. The normalized spacial score (nSPS) is 15.9. The summed E-state index contributed by atoms with van der Waals surface area (Å²) in [6, 6.07) is 10.0. The summed E-state index contributed by atoms with van der Waals surface area (Å²) in [6.45, 7) is 0.827. The van der Waals surface area contributed by atoms with Crippen molar-refractivity contribution >= 4 is 15.9 Å². The Morgan fingerprint density at radius 2 is 1.50 bits per heavy atom. The van der Waals surface area contributed by atoms with Crippen molar-refractivity contribution in [2.75, 3.05) is 32.8 Å². The molecule has 0 aromatic heterocycles. The van der Waals surface area contributed by atoms with Crippen LogP contribution >= 0.6 is 0 Å². The molecular formula is C19H20F2N2O4S. The number of carbonyl (C=O) groups excluding carboxylic acids is 1. The Hall–Kier alpha value is -2.52. The zero-order chi connectivity index (χ0) is 20.1. The van der Waals surface area contributed by atoms with Crippen molar-refractivity contribution in [1.82, 2.24) is 9.21 Å². The lowest BCUT2D eigenvalue weighted by atomic mass is 10.3. The van der Waals surface area contributed by atoms with Crippen LogP contribution in [0.1, 0.15) is 6.42 Å². The van der Waals surface area contributed by atoms with E-state index in [-0.39, 0.29) is 37.0 Å². The van der Waals surface area contributed by atoms with Gasteiger partial charge in [-0.1, -0.05) is 0 Å². The van der Waals surface area contributed by atoms with E-state index in [1.807, 2.05) is 0 Å². The highest BCUT2D eigenvalue weighted by Crippen LogP contribution is 2.18. The predicted octanol–water partition coefficient (Wildman–Crippen LogP) is 2.27. The van der Waals surface area contributed by atoms with E-state index in [0.717, 1.165) is 12.1 Å². The van der Waals surface area contributed by atoms with Crippen LogP contribution in [0.3, 0.4) is 0 Å². The van der Waals surface area contributed by atoms with Crippen LogP contribution in [0.15, 0.2) is 53.4 Å². The highest BCUT2D eigenvalue weighted by atomic mass is 32.2. The van der Waals surface area contributed by atoms with Crippen molar-refractivity contribution in [1.29, 1.82) is 0 Å². The summed E-state index contributed by atoms with van der Waals surface area (Å²) < 4.78 is 58.0. The molecule has 0 atom stereocenters. The fourth-order valence-corrected chi connectivity index (χ4v) is 4.38. The molecule has 1 aliphatic heterocycles. The molecule has 150 valence electrons. The number of ether oxygens (including phenoxy) is 1. The van der Waals surface area contributed by atoms with Crippen LogP contribution in [0.25, 0.3) is 0 Å². The Labute approximate surface area is 162 Å². The number of nitrogens with zero attached hydrogens (tertiary/aromatic N) is 2. The van der Waals surface area contributed by atoms with Crippen LogP contribution in [0.4, 0.5) is 8.78 Å². The van der Waals surface area contributed by atoms with E-state index >= 15 is 0 Å². The summed E-state index contributed by atoms with van der Waals surface area (Å²) in [6.07, 6.45) is 0.475. The van der Waals surface area contributed by atoms with Crippen molar-refractivity contribution in [3.63, 3.8) is 0 Å². The maximum atomic E-state index is 13.1. The van der Waals surface area contributed by atoms with Crippen LogP contribution in [0.2, 0.25) is 0 Å². The first-order valence-electron chi connectivity index (χ1n) is 8.78. The molecule has 1 saturated heterocycles. The fourth-order valence-electron chi connectivity index (χ4n) is 2.91. The van der Waals surface area contributed by atoms with Crippen molar-refractivity contribution in [2.45, 2.75) is 11.3 Å². The molecule has 0 aliphatic carbocycles. The van der Waals surface area contributed by atoms with Gasteiger partial charge in [0.1, 0.15) is 17.4 Å². The van der Waals surface area contributed by atoms with Crippen molar-refractivity contribution < 1.29 is 26.7 Å². The maximum absolute atomic E-state index is 13.1. The molecule has 0 spiro atoms. The number of sulfonamides is 1. The van der Waals surface area contributed by atoms with Gasteiger partial charge in [-0.05, 0) is 55.0 Å². The van der Waals surface area contributed by atoms with Crippen LogP contribution in [0, 0.1) is 11.6 Å². The summed E-state index contributed by atoms with van der Waals surface area (Å²) >= 11 is 0. The van der Waals surface area contributed by atoms with Gasteiger partial charge in [-0.3, -0.25) is 4.79 Å². The summed E-state index contributed by atoms with van der Waals surface area (Å²) in [7, 11) is -3.75. The number of amides is 1. The molecule has 9 heteroatoms. The number of hydrogen-bond acceptors (Lipinski definition) is 4. The van der Waals surface area contributed by atoms with E-state index in [1.165, 1.54) is 40.7 Å². The monoisotopic (exact) mass is 410 g/mol. The Morgan fingerprint density at radius 3 is 2.14 bits per heavy atom. The number of benzene rings is 2. The lowest BCUT2D eigenvalue weighted by molar-refractivity contribution is -0.133. The second kappa shape index (κ2) is 8.66. The maximum Gasteiger partial charge on any atom is 0.260 e. The molecule has 3 rings (SSSR count). The summed E-state index contributed by atoms with van der Waals surface area (Å²) in [5.74, 6) is -0.795. The first-order valence-corrected chi connectivity index (χ1v) is 10.2. The lowest BCUT2D eigenvalue weighted by Crippen LogP contribution is -2.39. The topological polar surface area (TPSA) is 66.9 Å². The van der Waals surface area contributed by atoms with Gasteiger partial charge in [-0.15, -0.1) is 0 Å². The molecule has 28 heavy (non-hydrogen) atoms. The van der Waals surface area contributed by atoms with Crippen molar-refractivity contribution in [2.24, 2.45) is 0 Å². The SMILES string of the molecule is O=C(COc1ccc(F)cc1)N1CCCN(S(=O)(=O)c2ccc(F)cc2)CC1. The second-order valence-corrected chi connectivity index (χ2v) is 8.27. The van der Waals surface area contributed by atoms with E-state index in [4.69, 9.17) is 4.74 Å². The first-order chi connectivity index (χ1) is 13.4. The van der Waals surface area contributed by atoms with Gasteiger partial charge in [0, 0.05) is 26.2 Å². The number of hydrogen-bond donors (Lipinski definition) is 0. The third-order valence-corrected chi connectivity index (χ3v) is 6.35. The van der Waals surface area contributed by atoms with E-state index in [1.54, 1.807) is 4.90 Å². The van der Waals surface area contributed by atoms with Crippen molar-refractivity contribution in [3.8, 4) is 5.75 Å². The fraction of sp³-hybridized carbons (Fsp3) is 0.316. The highest BCUT2D eigenvalue weighted by molar-refractivity contribution is 7.89.